The summed E-state index contributed by atoms with van der Waals surface area (Å²) in [4.78, 5) is 12.1. The lowest BCUT2D eigenvalue weighted by atomic mass is 9.97. The summed E-state index contributed by atoms with van der Waals surface area (Å²) < 4.78 is 120. The Balaban J connectivity index is 1.65. The van der Waals surface area contributed by atoms with Crippen molar-refractivity contribution in [3.05, 3.63) is 53.8 Å². The summed E-state index contributed by atoms with van der Waals surface area (Å²) in [6, 6.07) is 8.22. The predicted octanol–water partition coefficient (Wildman–Crippen LogP) is 4.46. The fourth-order valence-electron chi connectivity index (χ4n) is 4.54. The van der Waals surface area contributed by atoms with E-state index in [-0.39, 0.29) is 34.9 Å². The van der Waals surface area contributed by atoms with Crippen LogP contribution in [-0.4, -0.2) is 58.0 Å². The summed E-state index contributed by atoms with van der Waals surface area (Å²) in [6.45, 7) is 4.48. The lowest BCUT2D eigenvalue weighted by Gasteiger charge is -2.39. The number of halogens is 4. The maximum atomic E-state index is 13.8. The van der Waals surface area contributed by atoms with Crippen LogP contribution in [0.5, 0.6) is 5.75 Å². The van der Waals surface area contributed by atoms with Gasteiger partial charge in [-0.3, -0.25) is 9.10 Å². The molecule has 0 amide bonds. The molecule has 2 aromatic rings. The number of nitrogens with one attached hydrogen (secondary N) is 1. The second-order valence-corrected chi connectivity index (χ2v) is 15.4. The van der Waals surface area contributed by atoms with E-state index >= 15 is 0 Å². The molecule has 1 aliphatic carbocycles. The summed E-state index contributed by atoms with van der Waals surface area (Å²) >= 11 is 0. The van der Waals surface area contributed by atoms with Crippen molar-refractivity contribution in [1.82, 2.24) is 4.72 Å². The molecule has 1 saturated carbocycles. The van der Waals surface area contributed by atoms with E-state index < -0.39 is 66.9 Å². The quantitative estimate of drug-likeness (QED) is 0.302. The van der Waals surface area contributed by atoms with Crippen LogP contribution in [0.2, 0.25) is 0 Å². The van der Waals surface area contributed by atoms with Crippen LogP contribution >= 0.6 is 0 Å². The van der Waals surface area contributed by atoms with Gasteiger partial charge in [0.25, 0.3) is 10.0 Å². The molecule has 1 atom stereocenters. The Morgan fingerprint density at radius 3 is 2.21 bits per heavy atom. The minimum atomic E-state index is -4.80. The largest absolute Gasteiger partial charge is 0.486 e. The molecule has 0 radical (unpaired) electrons. The number of carbonyl (C=O) groups is 1. The Bertz CT molecular complexity index is 1550. The van der Waals surface area contributed by atoms with E-state index in [1.54, 1.807) is 13.8 Å². The average Bonchev–Trinajstić information content (AvgIpc) is 3.68. The highest BCUT2D eigenvalue weighted by Gasteiger charge is 2.51. The number of alkyl halides is 3. The molecule has 2 aromatic carbocycles. The zero-order chi connectivity index (χ0) is 31.3. The summed E-state index contributed by atoms with van der Waals surface area (Å²) in [5, 5.41) is -0.466. The standard InChI is InChI=1S/C27H32F4N2O7S2/c1-25(2,32-41(35,36)20-10-11-20)15-19-16-33(42(37,38)21-8-6-18(28)7-9-21)22-13-17(5-12-23(22)39-19)14-24(34)40-26(3,4)27(29,30)31/h5-9,12-13,19-20,32H,10-11,14-16H2,1-4H3/t19-/m1/s1. The molecular weight excluding hydrogens is 604 g/mol. The van der Waals surface area contributed by atoms with Gasteiger partial charge >= 0.3 is 12.1 Å². The van der Waals surface area contributed by atoms with Gasteiger partial charge in [0.2, 0.25) is 15.6 Å². The van der Waals surface area contributed by atoms with E-state index in [2.05, 4.69) is 9.46 Å². The van der Waals surface area contributed by atoms with Gasteiger partial charge in [-0.25, -0.2) is 25.9 Å². The van der Waals surface area contributed by atoms with Gasteiger partial charge in [-0.2, -0.15) is 13.2 Å². The van der Waals surface area contributed by atoms with E-state index in [0.29, 0.717) is 12.8 Å². The maximum absolute atomic E-state index is 13.8. The van der Waals surface area contributed by atoms with Gasteiger partial charge in [-0.1, -0.05) is 6.07 Å². The SMILES string of the molecule is CC(C)(C[C@@H]1CN(S(=O)(=O)c2ccc(F)cc2)c2cc(CC(=O)OC(C)(C)C(F)(F)F)ccc2O1)NS(=O)(=O)C1CC1. The van der Waals surface area contributed by atoms with Gasteiger partial charge in [0.05, 0.1) is 28.8 Å². The fraction of sp³-hybridized carbons (Fsp3) is 0.519. The molecule has 232 valence electrons. The first-order valence-electron chi connectivity index (χ1n) is 13.1. The molecule has 1 fully saturated rings. The normalized spacial score (nSPS) is 18.3. The van der Waals surface area contributed by atoms with Gasteiger partial charge in [0, 0.05) is 12.0 Å². The molecule has 0 bridgehead atoms. The Labute approximate surface area is 242 Å². The van der Waals surface area contributed by atoms with Crippen molar-refractivity contribution in [3.63, 3.8) is 0 Å². The number of carbonyl (C=O) groups excluding carboxylic acids is 1. The van der Waals surface area contributed by atoms with Crippen LogP contribution in [0.25, 0.3) is 0 Å². The van der Waals surface area contributed by atoms with Gasteiger partial charge in [-0.15, -0.1) is 0 Å². The highest BCUT2D eigenvalue weighted by molar-refractivity contribution is 7.92. The second kappa shape index (κ2) is 11.0. The molecule has 1 heterocycles. The Hall–Kier alpha value is -2.91. The first-order valence-corrected chi connectivity index (χ1v) is 16.1. The lowest BCUT2D eigenvalue weighted by molar-refractivity contribution is -0.257. The van der Waals surface area contributed by atoms with Crippen LogP contribution in [0.1, 0.15) is 52.5 Å². The number of sulfonamides is 2. The summed E-state index contributed by atoms with van der Waals surface area (Å²) in [5.74, 6) is -1.74. The zero-order valence-corrected chi connectivity index (χ0v) is 25.0. The first-order chi connectivity index (χ1) is 19.2. The minimum Gasteiger partial charge on any atom is -0.486 e. The summed E-state index contributed by atoms with van der Waals surface area (Å²) in [7, 11) is -7.90. The van der Waals surface area contributed by atoms with Crippen molar-refractivity contribution in [2.75, 3.05) is 10.8 Å². The van der Waals surface area contributed by atoms with Gasteiger partial charge in [0.1, 0.15) is 17.7 Å². The third kappa shape index (κ3) is 7.17. The van der Waals surface area contributed by atoms with E-state index in [0.717, 1.165) is 42.4 Å². The number of hydrogen-bond donors (Lipinski definition) is 1. The monoisotopic (exact) mass is 636 g/mol. The van der Waals surface area contributed by atoms with Gasteiger partial charge < -0.3 is 9.47 Å². The zero-order valence-electron chi connectivity index (χ0n) is 23.4. The molecule has 0 spiro atoms. The van der Waals surface area contributed by atoms with Crippen LogP contribution in [0, 0.1) is 5.82 Å². The van der Waals surface area contributed by atoms with Crippen LogP contribution in [0.15, 0.2) is 47.4 Å². The molecule has 42 heavy (non-hydrogen) atoms. The number of hydrogen-bond acceptors (Lipinski definition) is 7. The van der Waals surface area contributed by atoms with Gasteiger partial charge in [0.15, 0.2) is 0 Å². The van der Waals surface area contributed by atoms with E-state index in [1.807, 2.05) is 0 Å². The van der Waals surface area contributed by atoms with Crippen molar-refractivity contribution in [2.24, 2.45) is 0 Å². The smallest absolute Gasteiger partial charge is 0.427 e. The molecule has 2 aliphatic rings. The Kier molecular flexibility index (Phi) is 8.37. The van der Waals surface area contributed by atoms with Crippen molar-refractivity contribution < 1.29 is 48.7 Å². The van der Waals surface area contributed by atoms with Crippen LogP contribution in [0.3, 0.4) is 0 Å². The second-order valence-electron chi connectivity index (χ2n) is 11.6. The highest BCUT2D eigenvalue weighted by Crippen LogP contribution is 2.40. The minimum absolute atomic E-state index is 0.00678. The van der Waals surface area contributed by atoms with Crippen LogP contribution in [-0.2, 0) is 36.0 Å². The number of nitrogens with zero attached hydrogens (tertiary/aromatic N) is 1. The van der Waals surface area contributed by atoms with Crippen molar-refractivity contribution >= 4 is 31.7 Å². The number of esters is 1. The number of anilines is 1. The van der Waals surface area contributed by atoms with Gasteiger partial charge in [-0.05, 0) is 82.5 Å². The van der Waals surface area contributed by atoms with E-state index in [4.69, 9.17) is 4.74 Å². The Morgan fingerprint density at radius 1 is 1.02 bits per heavy atom. The lowest BCUT2D eigenvalue weighted by Crippen LogP contribution is -2.51. The van der Waals surface area contributed by atoms with E-state index in [9.17, 15) is 39.2 Å². The number of ether oxygens (including phenoxy) is 2. The maximum Gasteiger partial charge on any atom is 0.427 e. The van der Waals surface area contributed by atoms with Crippen molar-refractivity contribution in [2.45, 2.75) is 86.9 Å². The molecule has 1 aliphatic heterocycles. The molecule has 0 unspecified atom stereocenters. The molecular formula is C27H32F4N2O7S2. The molecule has 4 rings (SSSR count). The molecule has 15 heteroatoms. The third-order valence-corrected chi connectivity index (χ3v) is 10.9. The van der Waals surface area contributed by atoms with Crippen LogP contribution < -0.4 is 13.8 Å². The summed E-state index contributed by atoms with van der Waals surface area (Å²) in [5.41, 5.74) is -3.58. The molecule has 1 N–H and O–H groups in total. The predicted molar refractivity (Wildman–Crippen MR) is 145 cm³/mol. The Morgan fingerprint density at radius 2 is 1.64 bits per heavy atom. The molecule has 0 aromatic heterocycles. The van der Waals surface area contributed by atoms with Crippen molar-refractivity contribution in [3.8, 4) is 5.75 Å². The number of rotatable bonds is 10. The number of fused-ring (bicyclic) bond motifs is 1. The fourth-order valence-corrected chi connectivity index (χ4v) is 7.81. The molecule has 0 saturated heterocycles. The highest BCUT2D eigenvalue weighted by atomic mass is 32.2. The number of benzene rings is 2. The third-order valence-electron chi connectivity index (χ3n) is 6.88. The molecule has 9 nitrogen and oxygen atoms in total. The average molecular weight is 637 g/mol. The topological polar surface area (TPSA) is 119 Å². The van der Waals surface area contributed by atoms with E-state index in [1.165, 1.54) is 18.2 Å². The van der Waals surface area contributed by atoms with Crippen molar-refractivity contribution in [1.29, 1.82) is 0 Å². The first kappa shape index (κ1) is 32.0. The van der Waals surface area contributed by atoms with Crippen LogP contribution in [0.4, 0.5) is 23.2 Å². The summed E-state index contributed by atoms with van der Waals surface area (Å²) in [6.07, 6.45) is -5.02.